The van der Waals surface area contributed by atoms with Crippen LogP contribution in [-0.4, -0.2) is 36.9 Å². The molecule has 7 heteroatoms. The number of nitrogens with one attached hydrogen (secondary N) is 1. The Balaban J connectivity index is 0.00000264. The molecule has 0 unspecified atom stereocenters. The van der Waals surface area contributed by atoms with Crippen molar-refractivity contribution in [1.82, 2.24) is 5.43 Å². The van der Waals surface area contributed by atoms with Gasteiger partial charge in [0.25, 0.3) is 5.91 Å². The van der Waals surface area contributed by atoms with Crippen molar-refractivity contribution in [2.24, 2.45) is 5.10 Å². The van der Waals surface area contributed by atoms with Gasteiger partial charge in [0.2, 0.25) is 0 Å². The zero-order valence-electron chi connectivity index (χ0n) is 12.7. The minimum atomic E-state index is -0.329. The van der Waals surface area contributed by atoms with Crippen molar-refractivity contribution < 1.29 is 24.9 Å². The molecule has 0 saturated carbocycles. The van der Waals surface area contributed by atoms with Crippen molar-refractivity contribution in [2.45, 2.75) is 0 Å². The van der Waals surface area contributed by atoms with Crippen LogP contribution in [0.5, 0.6) is 17.2 Å². The number of phenols is 1. The SMILES string of the molecule is COc1ccc(C(=O)N/N=C/c2ccc(O)c(OC)c2)cc1.O. The number of carbonyl (C=O) groups excluding carboxylic acids is 1. The van der Waals surface area contributed by atoms with Crippen LogP contribution < -0.4 is 14.9 Å². The third kappa shape index (κ3) is 4.72. The molecule has 2 aromatic carbocycles. The fourth-order valence-corrected chi connectivity index (χ4v) is 1.75. The van der Waals surface area contributed by atoms with Gasteiger partial charge in [-0.1, -0.05) is 0 Å². The fourth-order valence-electron chi connectivity index (χ4n) is 1.75. The van der Waals surface area contributed by atoms with E-state index in [1.54, 1.807) is 43.5 Å². The number of amides is 1. The summed E-state index contributed by atoms with van der Waals surface area (Å²) in [6.07, 6.45) is 1.46. The van der Waals surface area contributed by atoms with Crippen molar-refractivity contribution in [2.75, 3.05) is 14.2 Å². The molecule has 0 aliphatic rings. The summed E-state index contributed by atoms with van der Waals surface area (Å²) in [5, 5.41) is 13.4. The number of ether oxygens (including phenoxy) is 2. The number of phenolic OH excluding ortho intramolecular Hbond substituents is 1. The first-order chi connectivity index (χ1) is 10.6. The lowest BCUT2D eigenvalue weighted by molar-refractivity contribution is 0.0955. The zero-order valence-corrected chi connectivity index (χ0v) is 12.7. The van der Waals surface area contributed by atoms with Crippen LogP contribution >= 0.6 is 0 Å². The summed E-state index contributed by atoms with van der Waals surface area (Å²) >= 11 is 0. The summed E-state index contributed by atoms with van der Waals surface area (Å²) in [6, 6.07) is 11.4. The van der Waals surface area contributed by atoms with E-state index >= 15 is 0 Å². The summed E-state index contributed by atoms with van der Waals surface area (Å²) in [5.41, 5.74) is 3.58. The number of benzene rings is 2. The largest absolute Gasteiger partial charge is 0.504 e. The Bertz CT molecular complexity index is 683. The quantitative estimate of drug-likeness (QED) is 0.640. The fraction of sp³-hybridized carbons (Fsp3) is 0.125. The topological polar surface area (TPSA) is 112 Å². The lowest BCUT2D eigenvalue weighted by atomic mass is 10.2. The van der Waals surface area contributed by atoms with Gasteiger partial charge in [0.1, 0.15) is 5.75 Å². The highest BCUT2D eigenvalue weighted by molar-refractivity contribution is 5.95. The maximum absolute atomic E-state index is 11.9. The number of nitrogens with zero attached hydrogens (tertiary/aromatic N) is 1. The van der Waals surface area contributed by atoms with E-state index in [2.05, 4.69) is 10.5 Å². The minimum absolute atomic E-state index is 0. The number of hydrazone groups is 1. The van der Waals surface area contributed by atoms with E-state index in [1.165, 1.54) is 19.4 Å². The molecule has 0 fully saturated rings. The molecule has 0 radical (unpaired) electrons. The second kappa shape index (κ2) is 8.40. The van der Waals surface area contributed by atoms with Crippen LogP contribution in [0.4, 0.5) is 0 Å². The van der Waals surface area contributed by atoms with Crippen molar-refractivity contribution in [3.63, 3.8) is 0 Å². The molecule has 0 bridgehead atoms. The van der Waals surface area contributed by atoms with Gasteiger partial charge in [-0.3, -0.25) is 4.79 Å². The standard InChI is InChI=1S/C16H16N2O4.H2O/c1-21-13-6-4-12(5-7-13)16(20)18-17-10-11-3-8-14(19)15(9-11)22-2;/h3-10,19H,1-2H3,(H,18,20);1H2/b17-10+;. The first kappa shape index (κ1) is 18.0. The lowest BCUT2D eigenvalue weighted by Crippen LogP contribution is -2.17. The first-order valence-corrected chi connectivity index (χ1v) is 6.48. The van der Waals surface area contributed by atoms with Gasteiger partial charge in [-0.05, 0) is 48.0 Å². The zero-order chi connectivity index (χ0) is 15.9. The molecule has 7 nitrogen and oxygen atoms in total. The molecule has 0 spiro atoms. The molecule has 0 saturated heterocycles. The van der Waals surface area contributed by atoms with Gasteiger partial charge in [-0.2, -0.15) is 5.10 Å². The van der Waals surface area contributed by atoms with E-state index < -0.39 is 0 Å². The number of rotatable bonds is 5. The Hall–Kier alpha value is -3.06. The highest BCUT2D eigenvalue weighted by Gasteiger charge is 2.04. The van der Waals surface area contributed by atoms with Crippen molar-refractivity contribution >= 4 is 12.1 Å². The predicted molar refractivity (Wildman–Crippen MR) is 86.3 cm³/mol. The Morgan fingerprint density at radius 1 is 1.13 bits per heavy atom. The van der Waals surface area contributed by atoms with E-state index in [1.807, 2.05) is 0 Å². The van der Waals surface area contributed by atoms with E-state index in [-0.39, 0.29) is 17.1 Å². The summed E-state index contributed by atoms with van der Waals surface area (Å²) in [4.78, 5) is 11.9. The number of methoxy groups -OCH3 is 2. The van der Waals surface area contributed by atoms with Gasteiger partial charge >= 0.3 is 0 Å². The molecule has 2 aromatic rings. The Labute approximate surface area is 133 Å². The maximum atomic E-state index is 11.9. The van der Waals surface area contributed by atoms with Gasteiger partial charge in [-0.25, -0.2) is 5.43 Å². The predicted octanol–water partition coefficient (Wildman–Crippen LogP) is 1.35. The third-order valence-corrected chi connectivity index (χ3v) is 2.94. The minimum Gasteiger partial charge on any atom is -0.504 e. The van der Waals surface area contributed by atoms with E-state index in [9.17, 15) is 9.90 Å². The second-order valence-electron chi connectivity index (χ2n) is 4.36. The summed E-state index contributed by atoms with van der Waals surface area (Å²) < 4.78 is 10.0. The molecule has 4 N–H and O–H groups in total. The monoisotopic (exact) mass is 318 g/mol. The molecule has 23 heavy (non-hydrogen) atoms. The molecule has 0 heterocycles. The van der Waals surface area contributed by atoms with Crippen LogP contribution in [0.3, 0.4) is 0 Å². The molecule has 0 aliphatic heterocycles. The average molecular weight is 318 g/mol. The van der Waals surface area contributed by atoms with Crippen LogP contribution in [-0.2, 0) is 0 Å². The summed E-state index contributed by atoms with van der Waals surface area (Å²) in [7, 11) is 3.02. The first-order valence-electron chi connectivity index (χ1n) is 6.48. The molecule has 122 valence electrons. The Kier molecular flexibility index (Phi) is 6.57. The maximum Gasteiger partial charge on any atom is 0.271 e. The Morgan fingerprint density at radius 2 is 1.83 bits per heavy atom. The van der Waals surface area contributed by atoms with Crippen LogP contribution in [0, 0.1) is 0 Å². The highest BCUT2D eigenvalue weighted by Crippen LogP contribution is 2.25. The van der Waals surface area contributed by atoms with E-state index in [4.69, 9.17) is 9.47 Å². The van der Waals surface area contributed by atoms with Gasteiger partial charge < -0.3 is 20.1 Å². The molecule has 2 rings (SSSR count). The molecule has 0 aliphatic carbocycles. The summed E-state index contributed by atoms with van der Waals surface area (Å²) in [6.45, 7) is 0. The van der Waals surface area contributed by atoms with Gasteiger partial charge in [-0.15, -0.1) is 0 Å². The molecule has 0 atom stereocenters. The molecule has 0 aromatic heterocycles. The van der Waals surface area contributed by atoms with Crippen LogP contribution in [0.2, 0.25) is 0 Å². The van der Waals surface area contributed by atoms with E-state index in [0.717, 1.165) is 0 Å². The van der Waals surface area contributed by atoms with Gasteiger partial charge in [0.05, 0.1) is 20.4 Å². The smallest absolute Gasteiger partial charge is 0.271 e. The Morgan fingerprint density at radius 3 is 2.43 bits per heavy atom. The number of carbonyl (C=O) groups is 1. The third-order valence-electron chi connectivity index (χ3n) is 2.94. The van der Waals surface area contributed by atoms with Crippen LogP contribution in [0.1, 0.15) is 15.9 Å². The van der Waals surface area contributed by atoms with Gasteiger partial charge in [0, 0.05) is 5.56 Å². The average Bonchev–Trinajstić information content (AvgIpc) is 2.56. The lowest BCUT2D eigenvalue weighted by Gasteiger charge is -2.04. The van der Waals surface area contributed by atoms with Crippen molar-refractivity contribution in [3.8, 4) is 17.2 Å². The van der Waals surface area contributed by atoms with Crippen molar-refractivity contribution in [1.29, 1.82) is 0 Å². The second-order valence-corrected chi connectivity index (χ2v) is 4.36. The molecule has 1 amide bonds. The molecular formula is C16H18N2O5. The number of aromatic hydroxyl groups is 1. The van der Waals surface area contributed by atoms with Crippen molar-refractivity contribution in [3.05, 3.63) is 53.6 Å². The van der Waals surface area contributed by atoms with Crippen LogP contribution in [0.25, 0.3) is 0 Å². The van der Waals surface area contributed by atoms with Gasteiger partial charge in [0.15, 0.2) is 11.5 Å². The number of hydrogen-bond acceptors (Lipinski definition) is 5. The van der Waals surface area contributed by atoms with Crippen LogP contribution in [0.15, 0.2) is 47.6 Å². The number of hydrogen-bond donors (Lipinski definition) is 2. The van der Waals surface area contributed by atoms with E-state index in [0.29, 0.717) is 22.6 Å². The normalized spacial score (nSPS) is 10.0. The summed E-state index contributed by atoms with van der Waals surface area (Å²) in [5.74, 6) is 0.730. The highest BCUT2D eigenvalue weighted by atomic mass is 16.5. The molecular weight excluding hydrogens is 300 g/mol.